The Morgan fingerprint density at radius 1 is 0.747 bits per heavy atom. The van der Waals surface area contributed by atoms with Crippen LogP contribution in [-0.4, -0.2) is 204 Å². The van der Waals surface area contributed by atoms with Gasteiger partial charge in [-0.2, -0.15) is 0 Å². The zero-order valence-electron chi connectivity index (χ0n) is 46.3. The summed E-state index contributed by atoms with van der Waals surface area (Å²) >= 11 is 0. The third-order valence-corrected chi connectivity index (χ3v) is 22.1. The minimum atomic E-state index is -1.49. The van der Waals surface area contributed by atoms with E-state index in [-0.39, 0.29) is 72.5 Å². The molecule has 4 heterocycles. The van der Waals surface area contributed by atoms with Crippen molar-refractivity contribution in [1.82, 2.24) is 42.1 Å². The van der Waals surface area contributed by atoms with Crippen LogP contribution < -0.4 is 43.0 Å². The van der Waals surface area contributed by atoms with Crippen LogP contribution in [0.2, 0.25) is 0 Å². The molecule has 456 valence electrons. The molecule has 2 aromatic rings. The Balaban J connectivity index is 1.54. The first-order valence-corrected chi connectivity index (χ1v) is 34.9. The SMILES string of the molecule is CC(=O)[C@H](Cc1ccc(O)cc1)NC1CSSCC2C(=O)[C@H](Cc3ccc(O)cc3)NC(=O)[C@H](CCC(=O)O)NC3CCSSCC2N[C@@H](CC(N)=O)C(=O)N2CCC[C@H]2C(=O)N[C@@H](C)C(=O)C(CSSC3)N[C@@H]([C@@H](C)O)C(=O)NCC1=O. The molecule has 13 N–H and O–H groups in total. The standard InChI is InChI=1S/C54H75N9O14S6/c1-28-49(72)43-27-83-79-23-33-16-18-78-81-25-41(60-40(21-46(55)69)54(77)63-17-4-5-44(63)52(75)57-28)36(50(73)39(20-32-8-12-35(67)13-9-32)62-51(74)37(58-33)14-15-47(70)71)24-80-82-26-42(45(68)22-56-53(76)48(61-43)30(3)65)59-38(29(2)64)19-31-6-10-34(66)11-7-31/h6-13,28,30,33,36-44,48,58-61,65-67H,4-5,14-27H2,1-3H3,(H2,55,69)(H,56,76)(H,57,75)(H,62,74)(H,70,71)/t28-,30+,33?,36?,37-,38-,39-,40-,41?,42?,43?,44-,48-/m0/s1. The average molecular weight is 1270 g/mol. The van der Waals surface area contributed by atoms with Gasteiger partial charge in [-0.1, -0.05) is 89.0 Å². The zero-order chi connectivity index (χ0) is 60.3. The number of nitrogens with two attached hydrogens (primary N) is 1. The van der Waals surface area contributed by atoms with Gasteiger partial charge in [0.25, 0.3) is 0 Å². The van der Waals surface area contributed by atoms with Gasteiger partial charge in [-0.05, 0) is 94.7 Å². The van der Waals surface area contributed by atoms with Crippen molar-refractivity contribution in [2.75, 3.05) is 47.6 Å². The largest absolute Gasteiger partial charge is 0.508 e. The molecule has 4 fully saturated rings. The molecule has 0 spiro atoms. The maximum Gasteiger partial charge on any atom is 0.303 e. The molecule has 0 aliphatic carbocycles. The van der Waals surface area contributed by atoms with Crippen LogP contribution in [0.4, 0.5) is 0 Å². The molecule has 4 aliphatic rings. The number of phenolic OH excluding ortho intramolecular Hbond substituents is 2. The number of hydrogen-bond acceptors (Lipinski definition) is 23. The zero-order valence-corrected chi connectivity index (χ0v) is 51.2. The Hall–Kier alpha value is -4.56. The normalized spacial score (nSPS) is 29.1. The topological polar surface area (TPSA) is 365 Å². The van der Waals surface area contributed by atoms with E-state index >= 15 is 9.59 Å². The number of rotatable bonds is 13. The lowest BCUT2D eigenvalue weighted by atomic mass is 9.89. The van der Waals surface area contributed by atoms with E-state index in [1.807, 2.05) is 0 Å². The van der Waals surface area contributed by atoms with Crippen LogP contribution in [0.25, 0.3) is 0 Å². The summed E-state index contributed by atoms with van der Waals surface area (Å²) in [5, 5.41) is 62.5. The third-order valence-electron chi connectivity index (χ3n) is 14.6. The highest BCUT2D eigenvalue weighted by Gasteiger charge is 2.43. The third kappa shape index (κ3) is 20.8. The molecule has 4 saturated heterocycles. The van der Waals surface area contributed by atoms with Crippen LogP contribution in [-0.2, 0) is 60.8 Å². The van der Waals surface area contributed by atoms with Gasteiger partial charge in [0.2, 0.25) is 29.5 Å². The van der Waals surface area contributed by atoms with Gasteiger partial charge in [-0.25, -0.2) is 0 Å². The quantitative estimate of drug-likeness (QED) is 0.124. The highest BCUT2D eigenvalue weighted by Crippen LogP contribution is 2.34. The van der Waals surface area contributed by atoms with Crippen molar-refractivity contribution in [3.05, 3.63) is 59.7 Å². The van der Waals surface area contributed by atoms with Crippen molar-refractivity contribution in [1.29, 1.82) is 0 Å². The van der Waals surface area contributed by atoms with E-state index in [2.05, 4.69) is 37.2 Å². The Bertz CT molecular complexity index is 2610. The van der Waals surface area contributed by atoms with E-state index in [0.29, 0.717) is 35.5 Å². The van der Waals surface area contributed by atoms with E-state index in [4.69, 9.17) is 5.73 Å². The summed E-state index contributed by atoms with van der Waals surface area (Å²) in [6.07, 6.45) is -1.57. The lowest BCUT2D eigenvalue weighted by Gasteiger charge is -2.35. The molecule has 83 heavy (non-hydrogen) atoms. The molecule has 5 unspecified atom stereocenters. The summed E-state index contributed by atoms with van der Waals surface area (Å²) in [6, 6.07) is -0.237. The summed E-state index contributed by atoms with van der Waals surface area (Å²) in [7, 11) is 7.71. The number of aromatic hydroxyl groups is 2. The van der Waals surface area contributed by atoms with Gasteiger partial charge in [0.15, 0.2) is 17.3 Å². The van der Waals surface area contributed by atoms with Crippen molar-refractivity contribution in [3.63, 3.8) is 0 Å². The predicted molar refractivity (Wildman–Crippen MR) is 325 cm³/mol. The van der Waals surface area contributed by atoms with Crippen LogP contribution in [0.15, 0.2) is 48.5 Å². The maximum absolute atomic E-state index is 15.9. The lowest BCUT2D eigenvalue weighted by molar-refractivity contribution is -0.142. The first-order chi connectivity index (χ1) is 39.6. The van der Waals surface area contributed by atoms with Gasteiger partial charge < -0.3 is 57.6 Å². The monoisotopic (exact) mass is 1270 g/mol. The first kappa shape index (κ1) is 67.6. The van der Waals surface area contributed by atoms with Crippen molar-refractivity contribution < 1.29 is 68.4 Å². The minimum Gasteiger partial charge on any atom is -0.508 e. The number of aliphatic hydroxyl groups is 1. The Kier molecular flexibility index (Phi) is 27.2. The number of carboxylic acids is 1. The van der Waals surface area contributed by atoms with Crippen molar-refractivity contribution in [3.8, 4) is 11.5 Å². The van der Waals surface area contributed by atoms with Gasteiger partial charge >= 0.3 is 5.97 Å². The number of nitrogens with one attached hydrogen (secondary N) is 7. The number of nitrogens with zero attached hydrogens (tertiary/aromatic N) is 1. The van der Waals surface area contributed by atoms with Crippen LogP contribution in [0, 0.1) is 5.92 Å². The van der Waals surface area contributed by atoms with Crippen LogP contribution in [0.1, 0.15) is 70.4 Å². The summed E-state index contributed by atoms with van der Waals surface area (Å²) in [5.41, 5.74) is 7.08. The Labute approximate surface area is 505 Å². The molecular formula is C54H75N9O14S6. The summed E-state index contributed by atoms with van der Waals surface area (Å²) < 4.78 is 0. The fraction of sp³-hybridized carbons (Fsp3) is 0.593. The second kappa shape index (κ2) is 33.4. The Morgan fingerprint density at radius 3 is 2.06 bits per heavy atom. The number of hydrogen-bond donors (Lipinski definition) is 12. The fourth-order valence-electron chi connectivity index (χ4n) is 10.0. The highest BCUT2D eigenvalue weighted by molar-refractivity contribution is 8.77. The minimum absolute atomic E-state index is 0.00546. The molecule has 0 radical (unpaired) electrons. The predicted octanol–water partition coefficient (Wildman–Crippen LogP) is 0.896. The van der Waals surface area contributed by atoms with Crippen molar-refractivity contribution in [2.24, 2.45) is 11.7 Å². The molecule has 13 atom stereocenters. The average Bonchev–Trinajstić information content (AvgIpc) is 4.20. The van der Waals surface area contributed by atoms with Gasteiger partial charge in [-0.3, -0.25) is 58.6 Å². The number of aliphatic hydroxyl groups excluding tert-OH is 1. The van der Waals surface area contributed by atoms with Crippen molar-refractivity contribution >= 4 is 123 Å². The highest BCUT2D eigenvalue weighted by atomic mass is 33.1. The number of amides is 5. The van der Waals surface area contributed by atoms with Crippen LogP contribution in [0.3, 0.4) is 0 Å². The van der Waals surface area contributed by atoms with Gasteiger partial charge in [0, 0.05) is 65.5 Å². The summed E-state index contributed by atoms with van der Waals surface area (Å²) in [6.45, 7) is 3.63. The lowest BCUT2D eigenvalue weighted by Crippen LogP contribution is -2.61. The molecule has 3 bridgehead atoms. The number of benzene rings is 2. The second-order valence-electron chi connectivity index (χ2n) is 21.0. The van der Waals surface area contributed by atoms with Gasteiger partial charge in [-0.15, -0.1) is 0 Å². The molecular weight excluding hydrogens is 1190 g/mol. The number of carboxylic acid groups (broad SMARTS) is 1. The molecule has 4 aliphatic heterocycles. The molecule has 29 heteroatoms. The van der Waals surface area contributed by atoms with Crippen LogP contribution >= 0.6 is 64.8 Å². The molecule has 6 rings (SSSR count). The summed E-state index contributed by atoms with van der Waals surface area (Å²) in [5.74, 6) is -7.34. The number of aliphatic carboxylic acids is 1. The molecule has 23 nitrogen and oxygen atoms in total. The maximum atomic E-state index is 15.9. The number of Topliss-reactive ketones (excluding diaryl/α,β-unsaturated/α-hetero) is 4. The number of ketones is 4. The molecule has 0 saturated carbocycles. The number of carbonyl (C=O) groups excluding carboxylic acids is 9. The molecule has 0 aromatic heterocycles. The second-order valence-corrected chi connectivity index (χ2v) is 28.7. The van der Waals surface area contributed by atoms with E-state index in [0.717, 1.165) is 10.8 Å². The van der Waals surface area contributed by atoms with Gasteiger partial charge in [0.05, 0.1) is 61.4 Å². The van der Waals surface area contributed by atoms with Gasteiger partial charge in [0.1, 0.15) is 29.4 Å². The Morgan fingerprint density at radius 2 is 1.40 bits per heavy atom. The number of primary amides is 1. The van der Waals surface area contributed by atoms with Crippen molar-refractivity contribution in [2.45, 2.75) is 145 Å². The van der Waals surface area contributed by atoms with E-state index in [1.54, 1.807) is 24.3 Å². The number of carbonyl (C=O) groups is 10. The summed E-state index contributed by atoms with van der Waals surface area (Å²) in [4.78, 5) is 143. The van der Waals surface area contributed by atoms with E-state index in [1.165, 1.54) is 104 Å². The van der Waals surface area contributed by atoms with E-state index < -0.39 is 151 Å². The van der Waals surface area contributed by atoms with Crippen LogP contribution in [0.5, 0.6) is 11.5 Å². The van der Waals surface area contributed by atoms with E-state index in [9.17, 15) is 58.8 Å². The fourth-order valence-corrected chi connectivity index (χ4v) is 17.5. The molecule has 5 amide bonds. The molecule has 2 aromatic carbocycles. The number of phenols is 2. The smallest absolute Gasteiger partial charge is 0.303 e. The number of fused-ring (bicyclic) bond motifs is 11. The first-order valence-electron chi connectivity index (χ1n) is 27.4.